The van der Waals surface area contributed by atoms with Crippen LogP contribution in [0.4, 0.5) is 27.9 Å². The summed E-state index contributed by atoms with van der Waals surface area (Å²) in [5.74, 6) is 0.0570. The number of hydrogen-bond acceptors (Lipinski definition) is 8. The predicted molar refractivity (Wildman–Crippen MR) is 127 cm³/mol. The Morgan fingerprint density at radius 1 is 1.14 bits per heavy atom. The number of alkyl halides is 5. The van der Waals surface area contributed by atoms with Gasteiger partial charge in [-0.3, -0.25) is 4.31 Å². The van der Waals surface area contributed by atoms with Crippen LogP contribution in [0.15, 0.2) is 30.9 Å². The number of halogens is 5. The molecule has 0 aromatic carbocycles. The van der Waals surface area contributed by atoms with Crippen molar-refractivity contribution in [2.75, 3.05) is 31.7 Å². The lowest BCUT2D eigenvalue weighted by Gasteiger charge is -2.30. The molecule has 0 bridgehead atoms. The Labute approximate surface area is 208 Å². The molecule has 0 aliphatic carbocycles. The van der Waals surface area contributed by atoms with Crippen LogP contribution >= 0.6 is 11.9 Å². The van der Waals surface area contributed by atoms with E-state index < -0.39 is 29.6 Å². The maximum atomic E-state index is 13.8. The lowest BCUT2D eigenvalue weighted by atomic mass is 10.1. The number of anilines is 1. The maximum absolute atomic E-state index is 13.8. The third-order valence-corrected chi connectivity index (χ3v) is 6.65. The van der Waals surface area contributed by atoms with Crippen molar-refractivity contribution in [3.05, 3.63) is 47.8 Å². The van der Waals surface area contributed by atoms with E-state index in [4.69, 9.17) is 0 Å². The second kappa shape index (κ2) is 11.0. The summed E-state index contributed by atoms with van der Waals surface area (Å²) < 4.78 is 72.1. The monoisotopic (exact) mass is 528 g/mol. The maximum Gasteiger partial charge on any atom is 0.420 e. The Bertz CT molecular complexity index is 1180. The average molecular weight is 529 g/mol. The number of aromatic nitrogens is 5. The molecule has 1 saturated heterocycles. The van der Waals surface area contributed by atoms with E-state index in [1.54, 1.807) is 25.1 Å². The summed E-state index contributed by atoms with van der Waals surface area (Å²) >= 11 is 1.65. The van der Waals surface area contributed by atoms with Crippen LogP contribution in [-0.2, 0) is 12.7 Å². The number of pyridine rings is 1. The minimum atomic E-state index is -4.73. The van der Waals surface area contributed by atoms with Crippen molar-refractivity contribution >= 4 is 17.9 Å². The molecule has 0 radical (unpaired) electrons. The van der Waals surface area contributed by atoms with Crippen LogP contribution in [0, 0.1) is 0 Å². The first-order chi connectivity index (χ1) is 17.2. The Morgan fingerprint density at radius 3 is 2.53 bits per heavy atom. The van der Waals surface area contributed by atoms with Crippen LogP contribution in [-0.4, -0.2) is 61.2 Å². The Kier molecular flexibility index (Phi) is 8.05. The van der Waals surface area contributed by atoms with Crippen molar-refractivity contribution in [1.29, 1.82) is 0 Å². The van der Waals surface area contributed by atoms with Gasteiger partial charge in [0.2, 0.25) is 5.95 Å². The normalized spacial score (nSPS) is 15.6. The second-order valence-corrected chi connectivity index (χ2v) is 9.07. The van der Waals surface area contributed by atoms with Crippen molar-refractivity contribution < 1.29 is 22.0 Å². The zero-order valence-electron chi connectivity index (χ0n) is 19.6. The first-order valence-electron chi connectivity index (χ1n) is 11.2. The molecule has 1 fully saturated rings. The summed E-state index contributed by atoms with van der Waals surface area (Å²) in [6.07, 6.45) is -0.909. The molecular weight excluding hydrogens is 503 g/mol. The van der Waals surface area contributed by atoms with Gasteiger partial charge < -0.3 is 15.2 Å². The van der Waals surface area contributed by atoms with Gasteiger partial charge in [-0.05, 0) is 38.3 Å². The van der Waals surface area contributed by atoms with Crippen LogP contribution in [0.2, 0.25) is 0 Å². The molecule has 2 N–H and O–H groups in total. The van der Waals surface area contributed by atoms with Crippen molar-refractivity contribution in [1.82, 2.24) is 34.1 Å². The topological polar surface area (TPSA) is 83.8 Å². The van der Waals surface area contributed by atoms with Crippen LogP contribution in [0.1, 0.15) is 36.2 Å². The van der Waals surface area contributed by atoms with Gasteiger partial charge in [-0.2, -0.15) is 13.2 Å². The third kappa shape index (κ3) is 5.93. The molecule has 0 unspecified atom stereocenters. The molecule has 4 heterocycles. The van der Waals surface area contributed by atoms with Gasteiger partial charge in [0.15, 0.2) is 0 Å². The first-order valence-corrected chi connectivity index (χ1v) is 12.3. The number of hydrogen-bond donors (Lipinski definition) is 2. The fourth-order valence-electron chi connectivity index (χ4n) is 3.96. The van der Waals surface area contributed by atoms with Gasteiger partial charge in [0.1, 0.15) is 29.0 Å². The van der Waals surface area contributed by atoms with Gasteiger partial charge in [-0.15, -0.1) is 0 Å². The molecule has 14 heteroatoms. The van der Waals surface area contributed by atoms with Crippen LogP contribution in [0.5, 0.6) is 0 Å². The van der Waals surface area contributed by atoms with Crippen molar-refractivity contribution in [2.45, 2.75) is 38.0 Å². The zero-order chi connectivity index (χ0) is 25.9. The number of rotatable bonds is 8. The summed E-state index contributed by atoms with van der Waals surface area (Å²) in [6, 6.07) is 3.02. The van der Waals surface area contributed by atoms with Gasteiger partial charge in [0, 0.05) is 38.1 Å². The lowest BCUT2D eigenvalue weighted by Crippen LogP contribution is -2.35. The van der Waals surface area contributed by atoms with Crippen LogP contribution in [0.25, 0.3) is 17.1 Å². The van der Waals surface area contributed by atoms with E-state index in [0.29, 0.717) is 5.69 Å². The quantitative estimate of drug-likeness (QED) is 0.326. The zero-order valence-corrected chi connectivity index (χ0v) is 20.4. The minimum absolute atomic E-state index is 0.0186. The Balaban J connectivity index is 1.66. The number of nitrogens with zero attached hydrogens (tertiary/aromatic N) is 6. The van der Waals surface area contributed by atoms with E-state index >= 15 is 0 Å². The highest BCUT2D eigenvalue weighted by Gasteiger charge is 2.36. The fraction of sp³-hybridized carbons (Fsp3) is 0.455. The molecular formula is C22H25F5N8S. The molecule has 0 saturated carbocycles. The lowest BCUT2D eigenvalue weighted by molar-refractivity contribution is -0.137. The van der Waals surface area contributed by atoms with Crippen molar-refractivity contribution in [3.8, 4) is 17.1 Å². The average Bonchev–Trinajstić information content (AvgIpc) is 3.34. The Hall–Kier alpha value is -2.84. The standard InChI is InChI=1S/C22H25F5N8S/c1-28-9-14-3-4-17(19(31-14)20(23)24)34-11-16(30-12-34)18-15(22(25,26)27)10-29-21(33-18)32-13-5-7-35(36-2)8-6-13/h3-4,10-13,20,28H,5-9H2,1-2H3,(H,29,32,33). The van der Waals surface area contributed by atoms with E-state index in [2.05, 4.69) is 34.9 Å². The molecule has 194 valence electrons. The van der Waals surface area contributed by atoms with Crippen molar-refractivity contribution in [3.63, 3.8) is 0 Å². The second-order valence-electron chi connectivity index (χ2n) is 8.19. The molecule has 3 aromatic heterocycles. The highest BCUT2D eigenvalue weighted by molar-refractivity contribution is 7.96. The molecule has 1 aliphatic rings. The molecule has 0 spiro atoms. The van der Waals surface area contributed by atoms with Gasteiger partial charge in [-0.1, -0.05) is 11.9 Å². The van der Waals surface area contributed by atoms with E-state index in [-0.39, 0.29) is 29.9 Å². The van der Waals surface area contributed by atoms with E-state index in [0.717, 1.165) is 32.1 Å². The molecule has 0 atom stereocenters. The van der Waals surface area contributed by atoms with E-state index in [1.807, 2.05) is 6.26 Å². The summed E-state index contributed by atoms with van der Waals surface area (Å²) in [5.41, 5.74) is -1.68. The van der Waals surface area contributed by atoms with Crippen LogP contribution < -0.4 is 10.6 Å². The highest BCUT2D eigenvalue weighted by atomic mass is 32.2. The van der Waals surface area contributed by atoms with Gasteiger partial charge >= 0.3 is 6.18 Å². The van der Waals surface area contributed by atoms with E-state index in [1.165, 1.54) is 23.2 Å². The molecule has 8 nitrogen and oxygen atoms in total. The van der Waals surface area contributed by atoms with E-state index in [9.17, 15) is 22.0 Å². The fourth-order valence-corrected chi connectivity index (χ4v) is 4.54. The molecule has 3 aromatic rings. The summed E-state index contributed by atoms with van der Waals surface area (Å²) in [4.78, 5) is 16.1. The first kappa shape index (κ1) is 26.2. The summed E-state index contributed by atoms with van der Waals surface area (Å²) in [6.45, 7) is 1.96. The molecule has 0 amide bonds. The van der Waals surface area contributed by atoms with Crippen LogP contribution in [0.3, 0.4) is 0 Å². The Morgan fingerprint density at radius 2 is 1.89 bits per heavy atom. The predicted octanol–water partition coefficient (Wildman–Crippen LogP) is 4.55. The summed E-state index contributed by atoms with van der Waals surface area (Å²) in [7, 11) is 1.66. The van der Waals surface area contributed by atoms with Gasteiger partial charge in [-0.25, -0.2) is 28.7 Å². The number of piperidine rings is 1. The van der Waals surface area contributed by atoms with Gasteiger partial charge in [0.05, 0.1) is 11.4 Å². The summed E-state index contributed by atoms with van der Waals surface area (Å²) in [5, 5.41) is 5.96. The third-order valence-electron chi connectivity index (χ3n) is 5.77. The SMILES string of the molecule is CNCc1ccc(-n2cnc(-c3nc(NC4CCN(SC)CC4)ncc3C(F)(F)F)c2)c(C(F)F)n1. The largest absolute Gasteiger partial charge is 0.420 e. The highest BCUT2D eigenvalue weighted by Crippen LogP contribution is 2.36. The molecule has 1 aliphatic heterocycles. The van der Waals surface area contributed by atoms with Gasteiger partial charge in [0.25, 0.3) is 6.43 Å². The smallest absolute Gasteiger partial charge is 0.351 e. The number of nitrogens with one attached hydrogen (secondary N) is 2. The minimum Gasteiger partial charge on any atom is -0.351 e. The molecule has 36 heavy (non-hydrogen) atoms. The van der Waals surface area contributed by atoms with Crippen molar-refractivity contribution in [2.24, 2.45) is 0 Å². The molecule has 4 rings (SSSR count). The number of imidazole rings is 1.